The predicted molar refractivity (Wildman–Crippen MR) is 78.3 cm³/mol. The van der Waals surface area contributed by atoms with E-state index in [-0.39, 0.29) is 6.42 Å². The molecule has 1 saturated carbocycles. The predicted octanol–water partition coefficient (Wildman–Crippen LogP) is 0.582. The van der Waals surface area contributed by atoms with Crippen molar-refractivity contribution < 1.29 is 17.9 Å². The molecule has 3 fully saturated rings. The van der Waals surface area contributed by atoms with Crippen LogP contribution in [0.25, 0.3) is 0 Å². The van der Waals surface area contributed by atoms with Gasteiger partial charge in [0.1, 0.15) is 0 Å². The maximum atomic E-state index is 12.9. The second kappa shape index (κ2) is 5.52. The molecule has 120 valence electrons. The first-order valence-corrected chi connectivity index (χ1v) is 9.32. The van der Waals surface area contributed by atoms with E-state index in [1.54, 1.807) is 11.2 Å². The van der Waals surface area contributed by atoms with Crippen molar-refractivity contribution in [2.24, 2.45) is 0 Å². The molecule has 3 aliphatic rings. The molecule has 2 heterocycles. The van der Waals surface area contributed by atoms with Crippen molar-refractivity contribution >= 4 is 16.0 Å². The molecule has 6 nitrogen and oxygen atoms in total. The first kappa shape index (κ1) is 15.2. The zero-order valence-electron chi connectivity index (χ0n) is 12.6. The summed E-state index contributed by atoms with van der Waals surface area (Å²) in [5.41, 5.74) is 0. The summed E-state index contributed by atoms with van der Waals surface area (Å²) in [5.74, 6) is -0.391. The van der Waals surface area contributed by atoms with E-state index in [2.05, 4.69) is 4.90 Å². The maximum absolute atomic E-state index is 12.9. The first-order chi connectivity index (χ1) is 9.98. The summed E-state index contributed by atoms with van der Waals surface area (Å²) in [6, 6.07) is 0.368. The molecular weight excluding hydrogens is 292 g/mol. The number of piperazine rings is 1. The van der Waals surface area contributed by atoms with Crippen LogP contribution in [0.2, 0.25) is 0 Å². The number of hydrogen-bond donors (Lipinski definition) is 0. The SMILES string of the molecule is CCOC(=O)CC1(S(=O)(=O)N2CCN3CCC[C@H]3C2)CC1. The van der Waals surface area contributed by atoms with Gasteiger partial charge in [0.05, 0.1) is 17.8 Å². The standard InChI is InChI=1S/C14H24N2O4S/c1-2-20-13(17)10-14(5-6-14)21(18,19)16-9-8-15-7-3-4-12(15)11-16/h12H,2-11H2,1H3/t12-/m0/s1. The number of hydrogen-bond acceptors (Lipinski definition) is 5. The normalized spacial score (nSPS) is 29.1. The Kier molecular flexibility index (Phi) is 4.00. The van der Waals surface area contributed by atoms with Crippen molar-refractivity contribution in [3.8, 4) is 0 Å². The van der Waals surface area contributed by atoms with Crippen LogP contribution >= 0.6 is 0 Å². The van der Waals surface area contributed by atoms with Gasteiger partial charge in [-0.25, -0.2) is 8.42 Å². The molecule has 0 aromatic rings. The van der Waals surface area contributed by atoms with Gasteiger partial charge < -0.3 is 4.74 Å². The van der Waals surface area contributed by atoms with E-state index in [0.29, 0.717) is 38.6 Å². The summed E-state index contributed by atoms with van der Waals surface area (Å²) in [4.78, 5) is 14.1. The monoisotopic (exact) mass is 316 g/mol. The fourth-order valence-electron chi connectivity index (χ4n) is 3.60. The molecule has 1 atom stereocenters. The summed E-state index contributed by atoms with van der Waals surface area (Å²) in [6.07, 6.45) is 3.41. The summed E-state index contributed by atoms with van der Waals surface area (Å²) in [5, 5.41) is 0. The number of fused-ring (bicyclic) bond motifs is 1. The molecule has 1 aliphatic carbocycles. The summed E-state index contributed by atoms with van der Waals surface area (Å²) in [6.45, 7) is 5.10. The minimum Gasteiger partial charge on any atom is -0.466 e. The Labute approximate surface area is 126 Å². The Morgan fingerprint density at radius 1 is 1.29 bits per heavy atom. The third-order valence-electron chi connectivity index (χ3n) is 5.02. The van der Waals surface area contributed by atoms with Crippen LogP contribution in [-0.4, -0.2) is 67.2 Å². The van der Waals surface area contributed by atoms with Gasteiger partial charge in [0.25, 0.3) is 0 Å². The Balaban J connectivity index is 1.70. The lowest BCUT2D eigenvalue weighted by Gasteiger charge is -2.38. The molecular formula is C14H24N2O4S. The van der Waals surface area contributed by atoms with E-state index in [1.165, 1.54) is 0 Å². The first-order valence-electron chi connectivity index (χ1n) is 7.88. The highest BCUT2D eigenvalue weighted by atomic mass is 32.2. The van der Waals surface area contributed by atoms with Gasteiger partial charge >= 0.3 is 5.97 Å². The lowest BCUT2D eigenvalue weighted by Crippen LogP contribution is -2.54. The highest BCUT2D eigenvalue weighted by molar-refractivity contribution is 7.90. The molecule has 0 spiro atoms. The lowest BCUT2D eigenvalue weighted by atomic mass is 10.2. The van der Waals surface area contributed by atoms with Gasteiger partial charge in [0.15, 0.2) is 0 Å². The minimum absolute atomic E-state index is 0.00799. The van der Waals surface area contributed by atoms with Gasteiger partial charge in [0.2, 0.25) is 10.0 Å². The van der Waals surface area contributed by atoms with Crippen LogP contribution in [0.3, 0.4) is 0 Å². The zero-order chi connectivity index (χ0) is 15.1. The molecule has 2 saturated heterocycles. The molecule has 0 amide bonds. The van der Waals surface area contributed by atoms with E-state index in [0.717, 1.165) is 25.9 Å². The fraction of sp³-hybridized carbons (Fsp3) is 0.929. The van der Waals surface area contributed by atoms with Crippen LogP contribution in [0.15, 0.2) is 0 Å². The van der Waals surface area contributed by atoms with Crippen LogP contribution in [0, 0.1) is 0 Å². The van der Waals surface area contributed by atoms with Crippen molar-refractivity contribution in [2.75, 3.05) is 32.8 Å². The van der Waals surface area contributed by atoms with Crippen molar-refractivity contribution in [1.29, 1.82) is 0 Å². The third kappa shape index (κ3) is 2.71. The van der Waals surface area contributed by atoms with Gasteiger partial charge in [-0.15, -0.1) is 0 Å². The van der Waals surface area contributed by atoms with Crippen LogP contribution in [-0.2, 0) is 19.6 Å². The highest BCUT2D eigenvalue weighted by Gasteiger charge is 2.58. The number of carbonyl (C=O) groups is 1. The van der Waals surface area contributed by atoms with E-state index in [4.69, 9.17) is 4.74 Å². The van der Waals surface area contributed by atoms with E-state index < -0.39 is 20.7 Å². The third-order valence-corrected chi connectivity index (χ3v) is 7.68. The number of sulfonamides is 1. The largest absolute Gasteiger partial charge is 0.466 e. The molecule has 0 radical (unpaired) electrons. The quantitative estimate of drug-likeness (QED) is 0.694. The van der Waals surface area contributed by atoms with E-state index in [9.17, 15) is 13.2 Å². The van der Waals surface area contributed by atoms with Gasteiger partial charge in [-0.2, -0.15) is 4.31 Å². The van der Waals surface area contributed by atoms with Crippen molar-refractivity contribution in [2.45, 2.75) is 49.8 Å². The summed E-state index contributed by atoms with van der Waals surface area (Å²) in [7, 11) is -3.40. The van der Waals surface area contributed by atoms with Gasteiger partial charge in [-0.1, -0.05) is 0 Å². The summed E-state index contributed by atoms with van der Waals surface area (Å²) >= 11 is 0. The van der Waals surface area contributed by atoms with Crippen LogP contribution in [0.5, 0.6) is 0 Å². The average Bonchev–Trinajstić information content (AvgIpc) is 3.08. The number of ether oxygens (including phenoxy) is 1. The van der Waals surface area contributed by atoms with Crippen molar-refractivity contribution in [3.05, 3.63) is 0 Å². The van der Waals surface area contributed by atoms with Crippen molar-refractivity contribution in [3.63, 3.8) is 0 Å². The van der Waals surface area contributed by atoms with E-state index in [1.807, 2.05) is 0 Å². The molecule has 3 rings (SSSR count). The highest BCUT2D eigenvalue weighted by Crippen LogP contribution is 2.48. The van der Waals surface area contributed by atoms with Gasteiger partial charge in [-0.05, 0) is 39.2 Å². The zero-order valence-corrected chi connectivity index (χ0v) is 13.4. The van der Waals surface area contributed by atoms with Gasteiger partial charge in [-0.3, -0.25) is 9.69 Å². The van der Waals surface area contributed by atoms with E-state index >= 15 is 0 Å². The number of esters is 1. The Morgan fingerprint density at radius 3 is 2.71 bits per heavy atom. The molecule has 0 unspecified atom stereocenters. The minimum atomic E-state index is -3.40. The smallest absolute Gasteiger partial charge is 0.307 e. The van der Waals surface area contributed by atoms with Crippen LogP contribution < -0.4 is 0 Å². The molecule has 21 heavy (non-hydrogen) atoms. The average molecular weight is 316 g/mol. The van der Waals surface area contributed by atoms with Gasteiger partial charge in [0, 0.05) is 25.7 Å². The molecule has 0 N–H and O–H groups in total. The number of rotatable bonds is 5. The topological polar surface area (TPSA) is 66.9 Å². The van der Waals surface area contributed by atoms with Crippen LogP contribution in [0.4, 0.5) is 0 Å². The Hall–Kier alpha value is -0.660. The molecule has 0 aromatic heterocycles. The fourth-order valence-corrected chi connectivity index (χ4v) is 5.75. The maximum Gasteiger partial charge on any atom is 0.307 e. The molecule has 0 bridgehead atoms. The Morgan fingerprint density at radius 2 is 2.05 bits per heavy atom. The Bertz CT molecular complexity index is 515. The molecule has 2 aliphatic heterocycles. The number of carbonyl (C=O) groups excluding carboxylic acids is 1. The second-order valence-electron chi connectivity index (χ2n) is 6.36. The molecule has 0 aromatic carbocycles. The lowest BCUT2D eigenvalue weighted by molar-refractivity contribution is -0.143. The van der Waals surface area contributed by atoms with Crippen LogP contribution in [0.1, 0.15) is 39.0 Å². The number of nitrogens with zero attached hydrogens (tertiary/aromatic N) is 2. The van der Waals surface area contributed by atoms with Crippen molar-refractivity contribution in [1.82, 2.24) is 9.21 Å². The molecule has 7 heteroatoms. The second-order valence-corrected chi connectivity index (χ2v) is 8.69. The summed E-state index contributed by atoms with van der Waals surface area (Å²) < 4.78 is 31.5.